The Balaban J connectivity index is 1.46. The highest BCUT2D eigenvalue weighted by molar-refractivity contribution is 5.87. The number of rotatable bonds is 11. The first-order valence-corrected chi connectivity index (χ1v) is 13.7. The molecule has 1 aromatic heterocycles. The summed E-state index contributed by atoms with van der Waals surface area (Å²) in [4.78, 5) is 15.6. The second-order valence-electron chi connectivity index (χ2n) is 10.0. The van der Waals surface area contributed by atoms with E-state index in [1.165, 1.54) is 12.1 Å². The van der Waals surface area contributed by atoms with E-state index in [2.05, 4.69) is 33.1 Å². The second kappa shape index (κ2) is 13.0. The Morgan fingerprint density at radius 3 is 2.50 bits per heavy atom. The average Bonchev–Trinajstić information content (AvgIpc) is 3.35. The molecule has 0 unspecified atom stereocenters. The Morgan fingerprint density at radius 1 is 1.00 bits per heavy atom. The second-order valence-corrected chi connectivity index (χ2v) is 10.0. The highest BCUT2D eigenvalue weighted by atomic mass is 19.1. The molecule has 1 fully saturated rings. The van der Waals surface area contributed by atoms with Gasteiger partial charge in [0.15, 0.2) is 11.5 Å². The molecule has 3 aromatic carbocycles. The van der Waals surface area contributed by atoms with Gasteiger partial charge in [-0.2, -0.15) is 0 Å². The minimum Gasteiger partial charge on any atom is -0.493 e. The Kier molecular flexibility index (Phi) is 8.98. The summed E-state index contributed by atoms with van der Waals surface area (Å²) in [6, 6.07) is 20.6. The van der Waals surface area contributed by atoms with E-state index in [1.54, 1.807) is 26.4 Å². The van der Waals surface area contributed by atoms with Crippen molar-refractivity contribution >= 4 is 16.8 Å². The van der Waals surface area contributed by atoms with Gasteiger partial charge < -0.3 is 24.1 Å². The lowest BCUT2D eigenvalue weighted by atomic mass is 9.87. The van der Waals surface area contributed by atoms with Crippen molar-refractivity contribution in [1.29, 1.82) is 0 Å². The number of amides is 1. The number of nitrogens with one attached hydrogen (secondary N) is 1. The highest BCUT2D eigenvalue weighted by Gasteiger charge is 2.24. The third kappa shape index (κ3) is 6.46. The predicted octanol–water partition coefficient (Wildman–Crippen LogP) is 4.82. The molecule has 1 N–H and O–H groups in total. The molecule has 1 aliphatic heterocycles. The van der Waals surface area contributed by atoms with Crippen LogP contribution < -0.4 is 14.8 Å². The summed E-state index contributed by atoms with van der Waals surface area (Å²) in [6.07, 6.45) is 2.40. The maximum atomic E-state index is 13.5. The fraction of sp³-hybridized carbons (Fsp3) is 0.344. The molecular weight excluding hydrogens is 509 g/mol. The van der Waals surface area contributed by atoms with Crippen LogP contribution >= 0.6 is 0 Å². The lowest BCUT2D eigenvalue weighted by Crippen LogP contribution is -2.41. The molecule has 1 amide bonds. The fourth-order valence-electron chi connectivity index (χ4n) is 5.38. The van der Waals surface area contributed by atoms with E-state index in [0.29, 0.717) is 24.6 Å². The Bertz CT molecular complexity index is 1430. The number of benzene rings is 3. The molecule has 2 heterocycles. The minimum atomic E-state index is -0.255. The molecule has 0 radical (unpaired) electrons. The van der Waals surface area contributed by atoms with E-state index < -0.39 is 0 Å². The van der Waals surface area contributed by atoms with Crippen LogP contribution in [0.3, 0.4) is 0 Å². The number of morpholine rings is 1. The number of fused-ring (bicyclic) bond motifs is 1. The fourth-order valence-corrected chi connectivity index (χ4v) is 5.38. The van der Waals surface area contributed by atoms with Crippen molar-refractivity contribution in [2.45, 2.75) is 18.9 Å². The topological polar surface area (TPSA) is 65.0 Å². The molecule has 0 spiro atoms. The van der Waals surface area contributed by atoms with Crippen LogP contribution in [0.25, 0.3) is 10.9 Å². The molecule has 0 saturated carbocycles. The monoisotopic (exact) mass is 545 g/mol. The highest BCUT2D eigenvalue weighted by Crippen LogP contribution is 2.38. The largest absolute Gasteiger partial charge is 0.493 e. The van der Waals surface area contributed by atoms with Gasteiger partial charge >= 0.3 is 0 Å². The van der Waals surface area contributed by atoms with E-state index in [0.717, 1.165) is 60.4 Å². The van der Waals surface area contributed by atoms with Crippen LogP contribution in [0, 0.1) is 5.82 Å². The number of methoxy groups -OCH3 is 2. The number of carbonyl (C=O) groups excluding carboxylic acids is 1. The number of nitrogens with zero attached hydrogens (tertiary/aromatic N) is 2. The number of para-hydroxylation sites is 1. The molecule has 210 valence electrons. The lowest BCUT2D eigenvalue weighted by Gasteiger charge is -2.26. The van der Waals surface area contributed by atoms with Crippen LogP contribution in [-0.2, 0) is 16.1 Å². The molecule has 7 nitrogen and oxygen atoms in total. The van der Waals surface area contributed by atoms with Crippen molar-refractivity contribution in [3.05, 3.63) is 95.4 Å². The molecule has 0 bridgehead atoms. The van der Waals surface area contributed by atoms with Gasteiger partial charge in [0.05, 0.1) is 27.4 Å². The van der Waals surface area contributed by atoms with Gasteiger partial charge in [-0.05, 0) is 47.0 Å². The number of halogens is 1. The summed E-state index contributed by atoms with van der Waals surface area (Å²) in [5.74, 6) is 0.771. The number of hydrogen-bond donors (Lipinski definition) is 1. The van der Waals surface area contributed by atoms with E-state index in [9.17, 15) is 9.18 Å². The summed E-state index contributed by atoms with van der Waals surface area (Å²) in [5, 5.41) is 4.21. The van der Waals surface area contributed by atoms with E-state index >= 15 is 0 Å². The summed E-state index contributed by atoms with van der Waals surface area (Å²) in [7, 11) is 3.23. The number of ether oxygens (including phenoxy) is 3. The standard InChI is InChI=1S/C32H36FN3O4/c1-38-30-12-9-24(19-31(30)39-2)27(20-32(37)34-13-14-35-15-17-40-18-16-35)28-22-36(29-6-4-3-5-26(28)29)21-23-7-10-25(33)11-8-23/h3-12,19,22,27H,13-18,20-21H2,1-2H3,(H,34,37)/t27-/m0/s1. The van der Waals surface area contributed by atoms with Crippen LogP contribution in [0.1, 0.15) is 29.0 Å². The van der Waals surface area contributed by atoms with Gasteiger partial charge in [0.25, 0.3) is 0 Å². The third-order valence-electron chi connectivity index (χ3n) is 7.51. The van der Waals surface area contributed by atoms with Crippen LogP contribution in [0.15, 0.2) is 72.9 Å². The molecule has 4 aromatic rings. The number of carbonyl (C=O) groups is 1. The molecule has 0 aliphatic carbocycles. The quantitative estimate of drug-likeness (QED) is 0.293. The van der Waals surface area contributed by atoms with Crippen LogP contribution in [0.2, 0.25) is 0 Å². The first kappa shape index (κ1) is 27.7. The first-order valence-electron chi connectivity index (χ1n) is 13.7. The third-order valence-corrected chi connectivity index (χ3v) is 7.51. The van der Waals surface area contributed by atoms with Gasteiger partial charge in [-0.1, -0.05) is 36.4 Å². The zero-order valence-electron chi connectivity index (χ0n) is 23.1. The van der Waals surface area contributed by atoms with Gasteiger partial charge in [0.1, 0.15) is 5.82 Å². The molecule has 1 atom stereocenters. The molecule has 5 rings (SSSR count). The predicted molar refractivity (Wildman–Crippen MR) is 154 cm³/mol. The SMILES string of the molecule is COc1ccc([C@H](CC(=O)NCCN2CCOCC2)c2cn(Cc3ccc(F)cc3)c3ccccc23)cc1OC. The number of hydrogen-bond acceptors (Lipinski definition) is 5. The zero-order valence-corrected chi connectivity index (χ0v) is 23.1. The number of aromatic nitrogens is 1. The normalized spacial score (nSPS) is 14.7. The van der Waals surface area contributed by atoms with E-state index in [1.807, 2.05) is 30.3 Å². The molecule has 1 aliphatic rings. The Morgan fingerprint density at radius 2 is 1.75 bits per heavy atom. The van der Waals surface area contributed by atoms with Gasteiger partial charge in [-0.15, -0.1) is 0 Å². The van der Waals surface area contributed by atoms with Crippen molar-refractivity contribution in [3.8, 4) is 11.5 Å². The maximum Gasteiger partial charge on any atom is 0.220 e. The smallest absolute Gasteiger partial charge is 0.220 e. The molecular formula is C32H36FN3O4. The van der Waals surface area contributed by atoms with Gasteiger partial charge in [-0.3, -0.25) is 9.69 Å². The lowest BCUT2D eigenvalue weighted by molar-refractivity contribution is -0.121. The van der Waals surface area contributed by atoms with Crippen molar-refractivity contribution in [2.24, 2.45) is 0 Å². The summed E-state index contributed by atoms with van der Waals surface area (Å²) in [6.45, 7) is 5.21. The van der Waals surface area contributed by atoms with E-state index in [4.69, 9.17) is 14.2 Å². The van der Waals surface area contributed by atoms with Crippen LogP contribution in [-0.4, -0.2) is 69.0 Å². The molecule has 40 heavy (non-hydrogen) atoms. The average molecular weight is 546 g/mol. The Hall–Kier alpha value is -3.88. The Labute approximate surface area is 234 Å². The van der Waals surface area contributed by atoms with E-state index in [-0.39, 0.29) is 24.1 Å². The van der Waals surface area contributed by atoms with Gasteiger partial charge in [0.2, 0.25) is 5.91 Å². The summed E-state index contributed by atoms with van der Waals surface area (Å²) in [5.41, 5.74) is 4.07. The van der Waals surface area contributed by atoms with Crippen LogP contribution in [0.4, 0.5) is 4.39 Å². The molecule has 8 heteroatoms. The molecule has 1 saturated heterocycles. The van der Waals surface area contributed by atoms with Gasteiger partial charge in [0, 0.05) is 62.2 Å². The van der Waals surface area contributed by atoms with Gasteiger partial charge in [-0.25, -0.2) is 4.39 Å². The van der Waals surface area contributed by atoms with Crippen molar-refractivity contribution in [1.82, 2.24) is 14.8 Å². The van der Waals surface area contributed by atoms with Crippen molar-refractivity contribution in [3.63, 3.8) is 0 Å². The minimum absolute atomic E-state index is 0.0107. The first-order chi connectivity index (χ1) is 19.6. The zero-order chi connectivity index (χ0) is 27.9. The summed E-state index contributed by atoms with van der Waals surface area (Å²) >= 11 is 0. The van der Waals surface area contributed by atoms with Crippen LogP contribution in [0.5, 0.6) is 11.5 Å². The summed E-state index contributed by atoms with van der Waals surface area (Å²) < 4.78 is 32.2. The van der Waals surface area contributed by atoms with Crippen molar-refractivity contribution in [2.75, 3.05) is 53.6 Å². The van der Waals surface area contributed by atoms with Crippen molar-refractivity contribution < 1.29 is 23.4 Å². The maximum absolute atomic E-state index is 13.5.